The molecular formula is C19H15N3O3. The van der Waals surface area contributed by atoms with Gasteiger partial charge >= 0.3 is 5.97 Å². The molecule has 0 unspecified atom stereocenters. The molecule has 0 N–H and O–H groups in total. The van der Waals surface area contributed by atoms with Crippen LogP contribution in [0.4, 0.5) is 0 Å². The van der Waals surface area contributed by atoms with E-state index in [4.69, 9.17) is 9.15 Å². The fraction of sp³-hybridized carbons (Fsp3) is 0.105. The summed E-state index contributed by atoms with van der Waals surface area (Å²) in [5, 5.41) is 5.26. The third-order valence-corrected chi connectivity index (χ3v) is 4.05. The molecule has 0 fully saturated rings. The molecule has 0 saturated heterocycles. The van der Waals surface area contributed by atoms with E-state index < -0.39 is 5.97 Å². The molecule has 0 atom stereocenters. The van der Waals surface area contributed by atoms with Crippen LogP contribution in [0, 0.1) is 6.92 Å². The zero-order valence-electron chi connectivity index (χ0n) is 13.8. The van der Waals surface area contributed by atoms with Gasteiger partial charge in [-0.2, -0.15) is 0 Å². The van der Waals surface area contributed by atoms with Crippen molar-refractivity contribution in [3.8, 4) is 17.1 Å². The number of benzene rings is 1. The fourth-order valence-electron chi connectivity index (χ4n) is 2.88. The Hall–Kier alpha value is -3.41. The number of nitrogens with zero attached hydrogens (tertiary/aromatic N) is 3. The first-order valence-corrected chi connectivity index (χ1v) is 7.77. The van der Waals surface area contributed by atoms with Crippen molar-refractivity contribution in [3.05, 3.63) is 66.1 Å². The van der Waals surface area contributed by atoms with Crippen molar-refractivity contribution in [3.63, 3.8) is 0 Å². The van der Waals surface area contributed by atoms with Gasteiger partial charge in [0.05, 0.1) is 35.7 Å². The van der Waals surface area contributed by atoms with E-state index in [0.29, 0.717) is 28.1 Å². The molecule has 0 bridgehead atoms. The summed E-state index contributed by atoms with van der Waals surface area (Å²) in [7, 11) is 1.36. The second kappa shape index (κ2) is 5.90. The molecule has 4 aromatic rings. The third-order valence-electron chi connectivity index (χ3n) is 4.05. The Bertz CT molecular complexity index is 1050. The van der Waals surface area contributed by atoms with Crippen LogP contribution in [0.15, 0.2) is 59.2 Å². The molecule has 124 valence electrons. The van der Waals surface area contributed by atoms with Gasteiger partial charge in [-0.25, -0.2) is 14.5 Å². The maximum absolute atomic E-state index is 12.3. The van der Waals surface area contributed by atoms with Crippen molar-refractivity contribution >= 4 is 17.0 Å². The van der Waals surface area contributed by atoms with Crippen LogP contribution in [-0.4, -0.2) is 27.8 Å². The molecule has 0 aliphatic rings. The summed E-state index contributed by atoms with van der Waals surface area (Å²) in [6.45, 7) is 1.91. The van der Waals surface area contributed by atoms with Crippen molar-refractivity contribution < 1.29 is 13.9 Å². The van der Waals surface area contributed by atoms with Crippen molar-refractivity contribution in [2.75, 3.05) is 7.11 Å². The Labute approximate surface area is 143 Å². The number of pyridine rings is 1. The number of aryl methyl sites for hydroxylation is 1. The minimum absolute atomic E-state index is 0.415. The van der Waals surface area contributed by atoms with Crippen LogP contribution in [0.1, 0.15) is 16.1 Å². The number of hydrogen-bond donors (Lipinski definition) is 0. The monoisotopic (exact) mass is 333 g/mol. The van der Waals surface area contributed by atoms with Crippen LogP contribution in [0.5, 0.6) is 0 Å². The topological polar surface area (TPSA) is 70.2 Å². The van der Waals surface area contributed by atoms with E-state index in [-0.39, 0.29) is 0 Å². The summed E-state index contributed by atoms with van der Waals surface area (Å²) < 4.78 is 12.1. The second-order valence-corrected chi connectivity index (χ2v) is 5.56. The molecule has 25 heavy (non-hydrogen) atoms. The van der Waals surface area contributed by atoms with Gasteiger partial charge in [0.1, 0.15) is 5.69 Å². The molecule has 6 heteroatoms. The highest BCUT2D eigenvalue weighted by Crippen LogP contribution is 2.28. The lowest BCUT2D eigenvalue weighted by atomic mass is 10.1. The SMILES string of the molecule is COC(=O)c1cc(-c2ccco2)nc2nn(-c3ccccc3)c(C)c12. The van der Waals surface area contributed by atoms with E-state index in [0.717, 1.165) is 11.4 Å². The van der Waals surface area contributed by atoms with Crippen LogP contribution >= 0.6 is 0 Å². The summed E-state index contributed by atoms with van der Waals surface area (Å²) >= 11 is 0. The summed E-state index contributed by atoms with van der Waals surface area (Å²) in [4.78, 5) is 16.9. The summed E-state index contributed by atoms with van der Waals surface area (Å²) in [5.74, 6) is 0.134. The number of rotatable bonds is 3. The van der Waals surface area contributed by atoms with Gasteiger partial charge in [0, 0.05) is 0 Å². The van der Waals surface area contributed by atoms with Gasteiger partial charge in [0.15, 0.2) is 11.4 Å². The minimum atomic E-state index is -0.434. The van der Waals surface area contributed by atoms with E-state index in [1.54, 1.807) is 29.1 Å². The number of para-hydroxylation sites is 1. The summed E-state index contributed by atoms with van der Waals surface area (Å²) in [5.41, 5.74) is 3.14. The maximum Gasteiger partial charge on any atom is 0.338 e. The molecule has 3 aromatic heterocycles. The van der Waals surface area contributed by atoms with Crippen molar-refractivity contribution in [1.82, 2.24) is 14.8 Å². The highest BCUT2D eigenvalue weighted by atomic mass is 16.5. The number of esters is 1. The first-order chi connectivity index (χ1) is 12.2. The van der Waals surface area contributed by atoms with E-state index in [1.165, 1.54) is 7.11 Å². The van der Waals surface area contributed by atoms with Crippen molar-refractivity contribution in [1.29, 1.82) is 0 Å². The Balaban J connectivity index is 2.02. The predicted octanol–water partition coefficient (Wildman–Crippen LogP) is 3.78. The molecule has 0 amide bonds. The van der Waals surface area contributed by atoms with Crippen molar-refractivity contribution in [2.24, 2.45) is 0 Å². The Morgan fingerprint density at radius 3 is 2.64 bits per heavy atom. The zero-order chi connectivity index (χ0) is 17.4. The number of methoxy groups -OCH3 is 1. The number of carbonyl (C=O) groups is 1. The Morgan fingerprint density at radius 1 is 1.16 bits per heavy atom. The molecule has 0 spiro atoms. The van der Waals surface area contributed by atoms with E-state index in [1.807, 2.05) is 37.3 Å². The van der Waals surface area contributed by atoms with Crippen LogP contribution in [0.2, 0.25) is 0 Å². The lowest BCUT2D eigenvalue weighted by Crippen LogP contribution is -2.04. The number of hydrogen-bond acceptors (Lipinski definition) is 5. The minimum Gasteiger partial charge on any atom is -0.465 e. The van der Waals surface area contributed by atoms with Gasteiger partial charge in [-0.3, -0.25) is 0 Å². The van der Waals surface area contributed by atoms with Gasteiger partial charge in [0.2, 0.25) is 0 Å². The average Bonchev–Trinajstić information content (AvgIpc) is 3.29. The normalized spacial score (nSPS) is 11.0. The highest BCUT2D eigenvalue weighted by Gasteiger charge is 2.21. The third kappa shape index (κ3) is 2.48. The molecule has 0 aliphatic carbocycles. The molecule has 4 rings (SSSR count). The fourth-order valence-corrected chi connectivity index (χ4v) is 2.88. The Morgan fingerprint density at radius 2 is 1.96 bits per heavy atom. The molecule has 3 heterocycles. The highest BCUT2D eigenvalue weighted by molar-refractivity contribution is 6.04. The van der Waals surface area contributed by atoms with Crippen LogP contribution < -0.4 is 0 Å². The molecule has 0 radical (unpaired) electrons. The largest absolute Gasteiger partial charge is 0.465 e. The summed E-state index contributed by atoms with van der Waals surface area (Å²) in [6.07, 6.45) is 1.56. The maximum atomic E-state index is 12.3. The number of carbonyl (C=O) groups excluding carboxylic acids is 1. The smallest absolute Gasteiger partial charge is 0.338 e. The number of ether oxygens (including phenoxy) is 1. The van der Waals surface area contributed by atoms with E-state index in [9.17, 15) is 4.79 Å². The average molecular weight is 333 g/mol. The van der Waals surface area contributed by atoms with Gasteiger partial charge < -0.3 is 9.15 Å². The molecule has 6 nitrogen and oxygen atoms in total. The van der Waals surface area contributed by atoms with Gasteiger partial charge in [-0.1, -0.05) is 18.2 Å². The van der Waals surface area contributed by atoms with Crippen LogP contribution in [0.3, 0.4) is 0 Å². The quantitative estimate of drug-likeness (QED) is 0.534. The first-order valence-electron chi connectivity index (χ1n) is 7.77. The zero-order valence-corrected chi connectivity index (χ0v) is 13.8. The first kappa shape index (κ1) is 15.1. The summed E-state index contributed by atoms with van der Waals surface area (Å²) in [6, 6.07) is 14.9. The molecule has 0 saturated carbocycles. The van der Waals surface area contributed by atoms with Crippen LogP contribution in [-0.2, 0) is 4.74 Å². The lowest BCUT2D eigenvalue weighted by molar-refractivity contribution is 0.0603. The van der Waals surface area contributed by atoms with Crippen LogP contribution in [0.25, 0.3) is 28.2 Å². The number of fused-ring (bicyclic) bond motifs is 1. The van der Waals surface area contributed by atoms with E-state index >= 15 is 0 Å². The lowest BCUT2D eigenvalue weighted by Gasteiger charge is -2.05. The predicted molar refractivity (Wildman–Crippen MR) is 92.6 cm³/mol. The molecule has 1 aromatic carbocycles. The second-order valence-electron chi connectivity index (χ2n) is 5.56. The van der Waals surface area contributed by atoms with Gasteiger partial charge in [0.25, 0.3) is 0 Å². The van der Waals surface area contributed by atoms with E-state index in [2.05, 4.69) is 10.1 Å². The standard InChI is InChI=1S/C19H15N3O3/c1-12-17-14(19(23)24-2)11-15(16-9-6-10-25-16)20-18(17)21-22(12)13-7-4-3-5-8-13/h3-11H,1-2H3. The van der Waals surface area contributed by atoms with Crippen molar-refractivity contribution in [2.45, 2.75) is 6.92 Å². The number of aromatic nitrogens is 3. The molecule has 0 aliphatic heterocycles. The van der Waals surface area contributed by atoms with Gasteiger partial charge in [-0.05, 0) is 37.3 Å². The molecular weight excluding hydrogens is 318 g/mol. The van der Waals surface area contributed by atoms with Gasteiger partial charge in [-0.15, -0.1) is 5.10 Å². The Kier molecular flexibility index (Phi) is 3.57. The number of furan rings is 1.